The van der Waals surface area contributed by atoms with E-state index in [1.807, 2.05) is 0 Å². The van der Waals surface area contributed by atoms with Crippen LogP contribution in [0.4, 0.5) is 0 Å². The average Bonchev–Trinajstić information content (AvgIpc) is 2.77. The topological polar surface area (TPSA) is 52.6 Å². The fraction of sp³-hybridized carbons (Fsp3) is 0.778. The van der Waals surface area contributed by atoms with Crippen molar-refractivity contribution in [3.8, 4) is 0 Å². The lowest BCUT2D eigenvalue weighted by Gasteiger charge is -2.14. The van der Waals surface area contributed by atoms with E-state index < -0.39 is 0 Å². The number of rotatable bonds is 19. The maximum Gasteiger partial charge on any atom is 0.333 e. The lowest BCUT2D eigenvalue weighted by molar-refractivity contribution is -0.140. The van der Waals surface area contributed by atoms with Crippen LogP contribution in [0.2, 0.25) is 0 Å². The van der Waals surface area contributed by atoms with Gasteiger partial charge in [0.2, 0.25) is 0 Å². The summed E-state index contributed by atoms with van der Waals surface area (Å²) in [5.74, 6) is -0.0564. The zero-order valence-electron chi connectivity index (χ0n) is 21.0. The Kier molecular flexibility index (Phi) is 25.2. The SMILES string of the molecule is C=C(C)C(=O)OCC(CC)CCCC.C=CC(=O)OCCCCCCCCCCCC. The minimum absolute atomic E-state index is 0.264. The molecule has 31 heavy (non-hydrogen) atoms. The van der Waals surface area contributed by atoms with Gasteiger partial charge in [-0.2, -0.15) is 0 Å². The van der Waals surface area contributed by atoms with Crippen LogP contribution < -0.4 is 0 Å². The van der Waals surface area contributed by atoms with Crippen molar-refractivity contribution in [2.75, 3.05) is 13.2 Å². The van der Waals surface area contributed by atoms with Crippen LogP contribution in [0.25, 0.3) is 0 Å². The first-order valence-corrected chi connectivity index (χ1v) is 12.5. The predicted octanol–water partition coefficient (Wildman–Crippen LogP) is 7.96. The van der Waals surface area contributed by atoms with Crippen LogP contribution in [-0.2, 0) is 19.1 Å². The highest BCUT2D eigenvalue weighted by molar-refractivity contribution is 5.86. The molecule has 0 aromatic carbocycles. The lowest BCUT2D eigenvalue weighted by atomic mass is 10.0. The van der Waals surface area contributed by atoms with Crippen molar-refractivity contribution in [3.63, 3.8) is 0 Å². The molecule has 0 aliphatic heterocycles. The van der Waals surface area contributed by atoms with Crippen LogP contribution in [0.15, 0.2) is 24.8 Å². The molecule has 4 heteroatoms. The molecule has 1 unspecified atom stereocenters. The van der Waals surface area contributed by atoms with Crippen LogP contribution in [0, 0.1) is 5.92 Å². The first kappa shape index (κ1) is 31.6. The molecule has 0 aliphatic rings. The van der Waals surface area contributed by atoms with Crippen LogP contribution >= 0.6 is 0 Å². The van der Waals surface area contributed by atoms with E-state index >= 15 is 0 Å². The molecule has 1 atom stereocenters. The molecule has 0 radical (unpaired) electrons. The number of esters is 2. The number of carbonyl (C=O) groups is 2. The molecule has 0 aromatic rings. The van der Waals surface area contributed by atoms with Crippen molar-refractivity contribution in [1.82, 2.24) is 0 Å². The van der Waals surface area contributed by atoms with Gasteiger partial charge in [-0.05, 0) is 25.7 Å². The summed E-state index contributed by atoms with van der Waals surface area (Å²) in [5, 5.41) is 0. The second-order valence-electron chi connectivity index (χ2n) is 8.35. The van der Waals surface area contributed by atoms with Gasteiger partial charge in [-0.15, -0.1) is 0 Å². The van der Waals surface area contributed by atoms with E-state index in [0.717, 1.165) is 19.3 Å². The third-order valence-electron chi connectivity index (χ3n) is 5.25. The molecule has 0 fully saturated rings. The average molecular weight is 439 g/mol. The Morgan fingerprint density at radius 1 is 0.806 bits per heavy atom. The quantitative estimate of drug-likeness (QED) is 0.117. The maximum atomic E-state index is 11.1. The lowest BCUT2D eigenvalue weighted by Crippen LogP contribution is -2.14. The summed E-state index contributed by atoms with van der Waals surface area (Å²) in [6, 6.07) is 0. The summed E-state index contributed by atoms with van der Waals surface area (Å²) in [6.07, 6.45) is 18.8. The molecular formula is C27H50O4. The molecule has 4 nitrogen and oxygen atoms in total. The third-order valence-corrected chi connectivity index (χ3v) is 5.25. The van der Waals surface area contributed by atoms with Crippen LogP contribution in [0.1, 0.15) is 118 Å². The number of hydrogen-bond acceptors (Lipinski definition) is 4. The molecule has 182 valence electrons. The zero-order chi connectivity index (χ0) is 23.7. The van der Waals surface area contributed by atoms with E-state index in [1.54, 1.807) is 6.92 Å². The summed E-state index contributed by atoms with van der Waals surface area (Å²) >= 11 is 0. The largest absolute Gasteiger partial charge is 0.463 e. The van der Waals surface area contributed by atoms with Crippen LogP contribution in [0.3, 0.4) is 0 Å². The molecule has 0 spiro atoms. The van der Waals surface area contributed by atoms with E-state index in [0.29, 0.717) is 24.7 Å². The number of hydrogen-bond donors (Lipinski definition) is 0. The summed E-state index contributed by atoms with van der Waals surface area (Å²) in [4.78, 5) is 21.8. The molecule has 0 rings (SSSR count). The van der Waals surface area contributed by atoms with Gasteiger partial charge in [0.05, 0.1) is 13.2 Å². The standard InChI is InChI=1S/C15H28O2.C12H22O2/c1-3-5-6-7-8-9-10-11-12-13-14-17-15(16)4-2;1-5-7-8-11(6-2)9-14-12(13)10(3)4/h4H,2-3,5-14H2,1H3;11H,3,5-9H2,1-2,4H3. The van der Waals surface area contributed by atoms with Gasteiger partial charge in [0.1, 0.15) is 0 Å². The van der Waals surface area contributed by atoms with E-state index in [4.69, 9.17) is 9.47 Å². The molecule has 0 N–H and O–H groups in total. The van der Waals surface area contributed by atoms with Crippen LogP contribution in [0.5, 0.6) is 0 Å². The van der Waals surface area contributed by atoms with Gasteiger partial charge < -0.3 is 9.47 Å². The number of unbranched alkanes of at least 4 members (excludes halogenated alkanes) is 10. The highest BCUT2D eigenvalue weighted by Gasteiger charge is 2.09. The van der Waals surface area contributed by atoms with Crippen molar-refractivity contribution in [1.29, 1.82) is 0 Å². The summed E-state index contributed by atoms with van der Waals surface area (Å²) in [5.41, 5.74) is 0.482. The van der Waals surface area contributed by atoms with Crippen LogP contribution in [-0.4, -0.2) is 25.2 Å². The Bertz CT molecular complexity index is 456. The highest BCUT2D eigenvalue weighted by Crippen LogP contribution is 2.13. The fourth-order valence-corrected chi connectivity index (χ4v) is 3.04. The zero-order valence-corrected chi connectivity index (χ0v) is 21.0. The van der Waals surface area contributed by atoms with Crippen molar-refractivity contribution in [2.45, 2.75) is 118 Å². The molecule has 0 bridgehead atoms. The first-order valence-electron chi connectivity index (χ1n) is 12.5. The van der Waals surface area contributed by atoms with Crippen molar-refractivity contribution in [3.05, 3.63) is 24.8 Å². The molecule has 0 heterocycles. The Balaban J connectivity index is 0. The highest BCUT2D eigenvalue weighted by atomic mass is 16.5. The molecule has 0 aliphatic carbocycles. The number of carbonyl (C=O) groups excluding carboxylic acids is 2. The summed E-state index contributed by atoms with van der Waals surface area (Å²) in [6.45, 7) is 16.2. The Labute approximate surface area is 192 Å². The minimum Gasteiger partial charge on any atom is -0.463 e. The molecule has 0 saturated carbocycles. The van der Waals surface area contributed by atoms with Gasteiger partial charge in [-0.25, -0.2) is 9.59 Å². The summed E-state index contributed by atoms with van der Waals surface area (Å²) < 4.78 is 10.0. The van der Waals surface area contributed by atoms with E-state index in [9.17, 15) is 9.59 Å². The minimum atomic E-state index is -0.305. The molecule has 0 amide bonds. The van der Waals surface area contributed by atoms with E-state index in [2.05, 4.69) is 33.9 Å². The van der Waals surface area contributed by atoms with Gasteiger partial charge in [-0.3, -0.25) is 0 Å². The second kappa shape index (κ2) is 24.7. The number of ether oxygens (including phenoxy) is 2. The fourth-order valence-electron chi connectivity index (χ4n) is 3.04. The Hall–Kier alpha value is -1.58. The van der Waals surface area contributed by atoms with Crippen molar-refractivity contribution in [2.24, 2.45) is 5.92 Å². The predicted molar refractivity (Wildman–Crippen MR) is 132 cm³/mol. The van der Waals surface area contributed by atoms with Gasteiger partial charge in [0.15, 0.2) is 0 Å². The smallest absolute Gasteiger partial charge is 0.333 e. The van der Waals surface area contributed by atoms with E-state index in [1.165, 1.54) is 76.7 Å². The monoisotopic (exact) mass is 438 g/mol. The van der Waals surface area contributed by atoms with Gasteiger partial charge in [-0.1, -0.05) is 111 Å². The first-order chi connectivity index (χ1) is 14.9. The summed E-state index contributed by atoms with van der Waals surface area (Å²) in [7, 11) is 0. The molecule has 0 aromatic heterocycles. The maximum absolute atomic E-state index is 11.1. The van der Waals surface area contributed by atoms with Crippen molar-refractivity contribution >= 4 is 11.9 Å². The normalized spacial score (nSPS) is 11.1. The van der Waals surface area contributed by atoms with Crippen molar-refractivity contribution < 1.29 is 19.1 Å². The Morgan fingerprint density at radius 2 is 1.32 bits per heavy atom. The molecular weight excluding hydrogens is 388 g/mol. The molecule has 0 saturated heterocycles. The Morgan fingerprint density at radius 3 is 1.77 bits per heavy atom. The second-order valence-corrected chi connectivity index (χ2v) is 8.35. The third kappa shape index (κ3) is 24.6. The van der Waals surface area contributed by atoms with Gasteiger partial charge in [0, 0.05) is 11.6 Å². The van der Waals surface area contributed by atoms with Gasteiger partial charge >= 0.3 is 11.9 Å². The van der Waals surface area contributed by atoms with Gasteiger partial charge in [0.25, 0.3) is 0 Å². The van der Waals surface area contributed by atoms with E-state index in [-0.39, 0.29) is 11.9 Å².